The van der Waals surface area contributed by atoms with Crippen molar-refractivity contribution in [2.24, 2.45) is 0 Å². The lowest BCUT2D eigenvalue weighted by molar-refractivity contribution is -0.0838. The monoisotopic (exact) mass is 2220 g/mol. The summed E-state index contributed by atoms with van der Waals surface area (Å²) in [5.41, 5.74) is 17.5. The van der Waals surface area contributed by atoms with Crippen LogP contribution in [0.15, 0.2) is 77.5 Å². The number of phosphoric acid groups is 2. The van der Waals surface area contributed by atoms with E-state index >= 15 is 13.7 Å². The molecule has 6 aliphatic heterocycles. The summed E-state index contributed by atoms with van der Waals surface area (Å²) >= 11 is 15.7. The number of nitrogens with zero attached hydrogens (tertiary/aromatic N) is 14. The van der Waals surface area contributed by atoms with Crippen molar-refractivity contribution in [1.29, 1.82) is 0 Å². The number of phosphoric ester groups is 2. The molecule has 6 saturated heterocycles. The van der Waals surface area contributed by atoms with Crippen LogP contribution >= 0.6 is 48.1 Å². The number of aromatic amines is 4. The van der Waals surface area contributed by atoms with Crippen molar-refractivity contribution in [1.82, 2.24) is 87.2 Å². The van der Waals surface area contributed by atoms with E-state index in [2.05, 4.69) is 72.1 Å². The molecule has 17 N–H and O–H groups in total. The SMILES string of the molecule is COCCO[C@H]1C(O)[C@@H](COP(O)(=S)OC2[C@@H](COP(=O)(S)OC3[C@@H](COP(=O)(O)OC4[C@@H](COP(=O)(O)OC5[C@@H](COP(O)(=S)OC6C[C@H](n7cnc8c(=O)[nH]c(N)nc87)O[C@@H]6C)O[C@@H](n6cc(C)c(=O)[nH]c6=O)[C@H]5OCCOC)O[C@@H](n5cnc6c(=O)[nH]c(N)nc65)[C@H]4OCCOC)O[C@@H](n4cc(C)c(=O)[nH]c4=O)[C@H]3OCCOC)O[C@@H](n3cnc4c(N)ncnc43)[C@H]2OCCOC)O[C@H]1n1cc(C)c(N)nc1=O. The number of methoxy groups -OCH3 is 5. The van der Waals surface area contributed by atoms with Crippen LogP contribution in [0.2, 0.25) is 0 Å². The van der Waals surface area contributed by atoms with E-state index in [1.54, 1.807) is 13.8 Å². The Hall–Kier alpha value is -8.21. The molecular formula is C75H107N22O41P5S3. The molecule has 0 radical (unpaired) electrons. The van der Waals surface area contributed by atoms with Crippen LogP contribution in [0.1, 0.15) is 67.4 Å². The predicted octanol–water partition coefficient (Wildman–Crippen LogP) is -2.30. The average Bonchev–Trinajstić information content (AvgIpc) is 1.61. The topological polar surface area (TPSA) is 812 Å². The van der Waals surface area contributed by atoms with Crippen molar-refractivity contribution < 1.29 is 159 Å². The molecule has 0 aliphatic carbocycles. The van der Waals surface area contributed by atoms with Crippen molar-refractivity contribution in [3.8, 4) is 0 Å². The van der Waals surface area contributed by atoms with Gasteiger partial charge in [-0.15, -0.1) is 0 Å². The second kappa shape index (κ2) is 47.8. The Bertz CT molecular complexity index is 6820. The first-order chi connectivity index (χ1) is 69.4. The van der Waals surface area contributed by atoms with Gasteiger partial charge in [-0.1, -0.05) is 12.2 Å². The number of thiol groups is 1. The molecule has 0 spiro atoms. The van der Waals surface area contributed by atoms with E-state index in [4.69, 9.17) is 168 Å². The summed E-state index contributed by atoms with van der Waals surface area (Å²) < 4.78 is 209. The number of aliphatic hydroxyl groups excluding tert-OH is 1. The first-order valence-corrected chi connectivity index (χ1v) is 55.1. The van der Waals surface area contributed by atoms with Gasteiger partial charge in [0.05, 0.1) is 130 Å². The van der Waals surface area contributed by atoms with Crippen LogP contribution in [0.4, 0.5) is 23.5 Å². The number of anilines is 4. The van der Waals surface area contributed by atoms with Gasteiger partial charge in [-0.3, -0.25) is 98.2 Å². The number of H-pyrrole nitrogens is 4. The highest BCUT2D eigenvalue weighted by Gasteiger charge is 2.59. The third-order valence-electron chi connectivity index (χ3n) is 23.5. The molecule has 6 aliphatic rings. The Balaban J connectivity index is 0.721. The summed E-state index contributed by atoms with van der Waals surface area (Å²) in [4.78, 5) is 185. The lowest BCUT2D eigenvalue weighted by Crippen LogP contribution is -2.42. The minimum absolute atomic E-state index is 0.0368. The van der Waals surface area contributed by atoms with Gasteiger partial charge in [-0.05, 0) is 51.3 Å². The summed E-state index contributed by atoms with van der Waals surface area (Å²) in [5.74, 6) is -0.840. The Morgan fingerprint density at radius 3 is 1.26 bits per heavy atom. The number of hydrogen-bond acceptors (Lipinski definition) is 51. The van der Waals surface area contributed by atoms with Crippen LogP contribution in [0.25, 0.3) is 33.5 Å². The molecule has 806 valence electrons. The van der Waals surface area contributed by atoms with Gasteiger partial charge in [0.2, 0.25) is 11.9 Å². The molecule has 15 rings (SSSR count). The number of hydrogen-bond donors (Lipinski definition) is 14. The zero-order chi connectivity index (χ0) is 105. The van der Waals surface area contributed by atoms with Crippen LogP contribution in [-0.4, -0.2) is 350 Å². The second-order valence-corrected chi connectivity index (χ2v) is 44.6. The number of rotatable bonds is 51. The van der Waals surface area contributed by atoms with E-state index in [1.165, 1.54) is 77.4 Å². The Morgan fingerprint density at radius 1 is 0.411 bits per heavy atom. The number of fused-ring (bicyclic) bond motifs is 3. The van der Waals surface area contributed by atoms with Crippen molar-refractivity contribution in [2.45, 2.75) is 175 Å². The quantitative estimate of drug-likeness (QED) is 0.0108. The fraction of sp³-hybridized carbons (Fsp3) is 0.640. The Labute approximate surface area is 837 Å². The Morgan fingerprint density at radius 2 is 0.788 bits per heavy atom. The number of nitrogen functional groups attached to an aromatic ring is 4. The van der Waals surface area contributed by atoms with E-state index in [0.29, 0.717) is 5.56 Å². The van der Waals surface area contributed by atoms with Crippen LogP contribution in [0, 0.1) is 20.8 Å². The van der Waals surface area contributed by atoms with Gasteiger partial charge in [0.1, 0.15) is 115 Å². The first-order valence-electron chi connectivity index (χ1n) is 44.2. The minimum atomic E-state index is -5.98. The summed E-state index contributed by atoms with van der Waals surface area (Å²) in [6.07, 6.45) is -29.4. The molecule has 0 amide bonds. The molecule has 0 aromatic carbocycles. The minimum Gasteiger partial charge on any atom is -0.387 e. The second-order valence-electron chi connectivity index (χ2n) is 33.3. The zero-order valence-corrected chi connectivity index (χ0v) is 85.6. The molecule has 15 heterocycles. The smallest absolute Gasteiger partial charge is 0.387 e. The fourth-order valence-electron chi connectivity index (χ4n) is 16.6. The van der Waals surface area contributed by atoms with E-state index in [1.807, 2.05) is 0 Å². The number of imidazole rings is 3. The van der Waals surface area contributed by atoms with Crippen LogP contribution < -0.4 is 62.2 Å². The van der Waals surface area contributed by atoms with E-state index in [-0.39, 0.29) is 121 Å². The normalized spacial score (nSPS) is 29.1. The predicted molar refractivity (Wildman–Crippen MR) is 506 cm³/mol. The third-order valence-corrected chi connectivity index (χ3v) is 30.2. The summed E-state index contributed by atoms with van der Waals surface area (Å²) in [5, 5.41) is 11.8. The first kappa shape index (κ1) is 112. The van der Waals surface area contributed by atoms with E-state index in [9.17, 15) is 58.2 Å². The third kappa shape index (κ3) is 25.9. The number of nitrogens with two attached hydrogens (primary N) is 4. The van der Waals surface area contributed by atoms with Gasteiger partial charge in [-0.2, -0.15) is 15.0 Å². The average molecular weight is 2220 g/mol. The highest BCUT2D eigenvalue weighted by molar-refractivity contribution is 8.44. The maximum absolute atomic E-state index is 15.6. The molecule has 9 aromatic heterocycles. The van der Waals surface area contributed by atoms with E-state index in [0.717, 1.165) is 43.3 Å². The van der Waals surface area contributed by atoms with Gasteiger partial charge >= 0.3 is 52.9 Å². The fourth-order valence-corrected chi connectivity index (χ4v) is 23.0. The number of aryl methyl sites for hydroxylation is 3. The standard InChI is InChI=1S/C75H107N22O41P5S3/c1-33-21-92(73(103)85-57(33)76)66-52(118-15-10-113-5)47(98)38(129-66)24-125-142(111,145)138-51-42(133-69(56(51)122-19-14-117-9)96-31-82-44-58(77)80-29-81-59(44)96)28-127-143(112,146)137-50-40(130-68(55(50)121-18-13-116-8)94-23-35(3)63(100)91-75(94)105)26-124-140(108,109)135-48-39(132-70(54(48)120-17-12-115-7)97-32-84-46-61(97)87-72(79)89-65(46)102)25-123-139(106,107)136-49-41(131-67(53(49)119-16-11-114-6)93-22-34(2)62(99)90-74(93)104)27-126-141(110,144)134-37-20-43(128-36(37)4)95-30-83-45-60(95)86-71(78)88-64(45)101/h21-23,29-32,36-43,47-56,66-70,98H,10-20,24-28H2,1-9H3,(H,106,107)(H,108,109)(H,110,144)(H,111,145)(H,112,146)(H2,76,85,103)(H2,77,80,81)(H,90,99,104)(H,91,100,105)(H3,78,86,88,101)(H3,79,87,89,102)/t36-,37?,38-,39-,40-,41-,42-,43-,47?,48?,49?,50?,51?,52+,53+,54+,55+,56+,66-,67-,68-,69-,70-,141?,142?,143?/m1/s1. The van der Waals surface area contributed by atoms with E-state index < -0.39 is 269 Å². The molecule has 63 nitrogen and oxygen atoms in total. The highest BCUT2D eigenvalue weighted by Crippen LogP contribution is 2.60. The van der Waals surface area contributed by atoms with Gasteiger partial charge in [0, 0.05) is 77.3 Å². The van der Waals surface area contributed by atoms with Gasteiger partial charge in [0.25, 0.3) is 22.2 Å². The molecule has 9 aromatic rings. The number of aliphatic hydroxyl groups is 1. The molecular weight excluding hydrogens is 2120 g/mol. The summed E-state index contributed by atoms with van der Waals surface area (Å²) in [7, 11) is -5.19. The molecule has 0 saturated carbocycles. The summed E-state index contributed by atoms with van der Waals surface area (Å²) in [6.45, 7) is -16.2. The van der Waals surface area contributed by atoms with Crippen LogP contribution in [0.5, 0.6) is 0 Å². The van der Waals surface area contributed by atoms with Crippen molar-refractivity contribution in [2.75, 3.05) is 158 Å². The van der Waals surface area contributed by atoms with Crippen LogP contribution in [-0.2, 0) is 158 Å². The van der Waals surface area contributed by atoms with Crippen LogP contribution in [0.3, 0.4) is 0 Å². The van der Waals surface area contributed by atoms with Crippen molar-refractivity contribution in [3.05, 3.63) is 133 Å². The highest BCUT2D eigenvalue weighted by atomic mass is 32.7. The number of aromatic nitrogens is 18. The molecule has 11 unspecified atom stereocenters. The molecule has 0 bridgehead atoms. The zero-order valence-electron chi connectivity index (χ0n) is 78.6. The maximum atomic E-state index is 15.6. The number of ether oxygens (including phenoxy) is 16. The largest absolute Gasteiger partial charge is 0.472 e. The van der Waals surface area contributed by atoms with Gasteiger partial charge in [-0.25, -0.2) is 53.0 Å². The van der Waals surface area contributed by atoms with Gasteiger partial charge < -0.3 is 137 Å². The molecule has 28 atom stereocenters. The molecule has 6 fully saturated rings. The molecule has 146 heavy (non-hydrogen) atoms. The van der Waals surface area contributed by atoms with Crippen molar-refractivity contribution >= 4 is 129 Å². The summed E-state index contributed by atoms with van der Waals surface area (Å²) in [6, 6.07) is 0. The lowest BCUT2D eigenvalue weighted by Gasteiger charge is -2.30. The molecule has 71 heteroatoms. The lowest BCUT2D eigenvalue weighted by atomic mass is 10.1. The number of nitrogens with one attached hydrogen (secondary N) is 4. The maximum Gasteiger partial charge on any atom is 0.472 e. The van der Waals surface area contributed by atoms with Gasteiger partial charge in [0.15, 0.2) is 64.9 Å². The Kier molecular flexibility index (Phi) is 36.6. The van der Waals surface area contributed by atoms with Crippen molar-refractivity contribution in [3.63, 3.8) is 0 Å².